The predicted octanol–water partition coefficient (Wildman–Crippen LogP) is 4.92. The summed E-state index contributed by atoms with van der Waals surface area (Å²) in [4.78, 5) is 33.4. The van der Waals surface area contributed by atoms with E-state index in [9.17, 15) is 9.59 Å². The Balaban J connectivity index is 1.87. The van der Waals surface area contributed by atoms with Gasteiger partial charge in [0.1, 0.15) is 17.2 Å². The molecule has 2 aromatic carbocycles. The summed E-state index contributed by atoms with van der Waals surface area (Å²) >= 11 is 0. The van der Waals surface area contributed by atoms with Gasteiger partial charge in [-0.3, -0.25) is 10.1 Å². The van der Waals surface area contributed by atoms with Crippen LogP contribution in [0.4, 0.5) is 14.9 Å². The first-order valence-electron chi connectivity index (χ1n) is 10.3. The number of benzene rings is 2. The smallest absolute Gasteiger partial charge is 0.411 e. The highest BCUT2D eigenvalue weighted by Gasteiger charge is 2.22. The van der Waals surface area contributed by atoms with Gasteiger partial charge < -0.3 is 19.4 Å². The number of aromatic amines is 1. The minimum atomic E-state index is -0.878. The number of H-pyrrole nitrogens is 1. The van der Waals surface area contributed by atoms with Gasteiger partial charge in [0.25, 0.3) is 5.91 Å². The van der Waals surface area contributed by atoms with Gasteiger partial charge in [0, 0.05) is 48.6 Å². The average molecular weight is 462 g/mol. The molecule has 0 saturated carbocycles. The van der Waals surface area contributed by atoms with Gasteiger partial charge in [-0.05, 0) is 29.8 Å². The lowest BCUT2D eigenvalue weighted by molar-refractivity contribution is 0.0828. The van der Waals surface area contributed by atoms with Crippen molar-refractivity contribution in [2.24, 2.45) is 0 Å². The maximum Gasteiger partial charge on any atom is 0.411 e. The first-order valence-corrected chi connectivity index (χ1v) is 10.3. The predicted molar refractivity (Wildman–Crippen MR) is 128 cm³/mol. The molecule has 0 fully saturated rings. The number of rotatable bonds is 5. The zero-order chi connectivity index (χ0) is 24.4. The number of para-hydroxylation sites is 1. The van der Waals surface area contributed by atoms with E-state index in [1.54, 1.807) is 27.4 Å². The Morgan fingerprint density at radius 1 is 1.06 bits per heavy atom. The van der Waals surface area contributed by atoms with Crippen molar-refractivity contribution in [1.29, 1.82) is 0 Å². The third-order valence-corrected chi connectivity index (χ3v) is 5.40. The number of ether oxygens (including phenoxy) is 2. The van der Waals surface area contributed by atoms with E-state index in [0.29, 0.717) is 22.5 Å². The molecule has 0 aliphatic heterocycles. The Morgan fingerprint density at radius 2 is 1.82 bits per heavy atom. The van der Waals surface area contributed by atoms with E-state index in [1.165, 1.54) is 17.0 Å². The second-order valence-corrected chi connectivity index (χ2v) is 7.72. The number of anilines is 1. The molecule has 0 saturated heterocycles. The molecule has 2 N–H and O–H groups in total. The molecule has 4 aromatic rings. The largest absolute Gasteiger partial charge is 0.496 e. The molecular formula is C25H23FN4O4. The monoisotopic (exact) mass is 462 g/mol. The Hall–Kier alpha value is -4.40. The van der Waals surface area contributed by atoms with E-state index in [2.05, 4.69) is 20.0 Å². The highest BCUT2D eigenvalue weighted by molar-refractivity contribution is 6.04. The standard InChI is InChI=1S/C25H23FN4O4/c1-30(2)24(31)18-9-14(11-20(26)22(18)29-25(32)34-4)15-10-17-19(13-28-23(17)27-12-15)16-7-5-6-8-21(16)33-3/h5-13H,1-4H3,(H,27,28)(H,29,32). The molecule has 0 bridgehead atoms. The van der Waals surface area contributed by atoms with E-state index in [4.69, 9.17) is 4.74 Å². The van der Waals surface area contributed by atoms with E-state index in [-0.39, 0.29) is 11.3 Å². The van der Waals surface area contributed by atoms with Crippen LogP contribution >= 0.6 is 0 Å². The third kappa shape index (κ3) is 4.15. The number of fused-ring (bicyclic) bond motifs is 1. The highest BCUT2D eigenvalue weighted by Crippen LogP contribution is 2.37. The van der Waals surface area contributed by atoms with Gasteiger partial charge in [-0.1, -0.05) is 18.2 Å². The summed E-state index contributed by atoms with van der Waals surface area (Å²) in [5, 5.41) is 3.10. The van der Waals surface area contributed by atoms with Crippen LogP contribution in [0.5, 0.6) is 5.75 Å². The van der Waals surface area contributed by atoms with E-state index in [0.717, 1.165) is 23.6 Å². The van der Waals surface area contributed by atoms with Gasteiger partial charge in [0.2, 0.25) is 0 Å². The lowest BCUT2D eigenvalue weighted by atomic mass is 9.99. The SMILES string of the molecule is COC(=O)Nc1c(F)cc(-c2cnc3[nH]cc(-c4ccccc4OC)c3c2)cc1C(=O)N(C)C. The summed E-state index contributed by atoms with van der Waals surface area (Å²) in [6.07, 6.45) is 2.55. The lowest BCUT2D eigenvalue weighted by Gasteiger charge is -2.17. The normalized spacial score (nSPS) is 10.7. The molecule has 0 atom stereocenters. The molecule has 2 aromatic heterocycles. The average Bonchev–Trinajstić information content (AvgIpc) is 3.27. The molecular weight excluding hydrogens is 439 g/mol. The van der Waals surface area contributed by atoms with Crippen LogP contribution in [0.15, 0.2) is 54.9 Å². The summed E-state index contributed by atoms with van der Waals surface area (Å²) in [5.41, 5.74) is 3.17. The van der Waals surface area contributed by atoms with Crippen LogP contribution in [0.25, 0.3) is 33.3 Å². The molecule has 0 aliphatic rings. The van der Waals surface area contributed by atoms with Crippen LogP contribution in [-0.2, 0) is 4.74 Å². The number of nitrogens with one attached hydrogen (secondary N) is 2. The molecule has 174 valence electrons. The van der Waals surface area contributed by atoms with Crippen LogP contribution in [0.1, 0.15) is 10.4 Å². The van der Waals surface area contributed by atoms with Crippen LogP contribution in [0.3, 0.4) is 0 Å². The van der Waals surface area contributed by atoms with Gasteiger partial charge in [-0.15, -0.1) is 0 Å². The Labute approximate surface area is 195 Å². The zero-order valence-corrected chi connectivity index (χ0v) is 19.1. The number of nitrogens with zero attached hydrogens (tertiary/aromatic N) is 2. The summed E-state index contributed by atoms with van der Waals surface area (Å²) < 4.78 is 25.2. The molecule has 0 aliphatic carbocycles. The van der Waals surface area contributed by atoms with E-state index >= 15 is 4.39 Å². The number of carbonyl (C=O) groups is 2. The summed E-state index contributed by atoms with van der Waals surface area (Å²) in [6, 6.07) is 12.2. The van der Waals surface area contributed by atoms with Crippen molar-refractivity contribution in [2.75, 3.05) is 33.6 Å². The fourth-order valence-corrected chi connectivity index (χ4v) is 3.71. The van der Waals surface area contributed by atoms with Crippen LogP contribution < -0.4 is 10.1 Å². The van der Waals surface area contributed by atoms with Crippen molar-refractivity contribution in [3.05, 3.63) is 66.2 Å². The van der Waals surface area contributed by atoms with E-state index < -0.39 is 17.8 Å². The second-order valence-electron chi connectivity index (χ2n) is 7.72. The quantitative estimate of drug-likeness (QED) is 0.439. The van der Waals surface area contributed by atoms with Crippen LogP contribution in [-0.4, -0.2) is 55.2 Å². The number of methoxy groups -OCH3 is 2. The molecule has 0 radical (unpaired) electrons. The van der Waals surface area contributed by atoms with Crippen molar-refractivity contribution in [3.63, 3.8) is 0 Å². The van der Waals surface area contributed by atoms with Crippen LogP contribution in [0, 0.1) is 5.82 Å². The van der Waals surface area contributed by atoms with Gasteiger partial charge in [-0.25, -0.2) is 14.2 Å². The van der Waals surface area contributed by atoms with Crippen LogP contribution in [0.2, 0.25) is 0 Å². The second kappa shape index (κ2) is 9.22. The molecule has 8 nitrogen and oxygen atoms in total. The number of amides is 2. The molecule has 34 heavy (non-hydrogen) atoms. The molecule has 4 rings (SSSR count). The third-order valence-electron chi connectivity index (χ3n) is 5.40. The lowest BCUT2D eigenvalue weighted by Crippen LogP contribution is -2.24. The number of halogens is 1. The fourth-order valence-electron chi connectivity index (χ4n) is 3.71. The van der Waals surface area contributed by atoms with Crippen molar-refractivity contribution >= 4 is 28.7 Å². The zero-order valence-electron chi connectivity index (χ0n) is 19.1. The Kier molecular flexibility index (Phi) is 6.18. The summed E-state index contributed by atoms with van der Waals surface area (Å²) in [6.45, 7) is 0. The molecule has 0 spiro atoms. The minimum absolute atomic E-state index is 0.00971. The van der Waals surface area contributed by atoms with Crippen molar-refractivity contribution in [3.8, 4) is 28.0 Å². The first kappa shape index (κ1) is 22.8. The fraction of sp³-hybridized carbons (Fsp3) is 0.160. The topological polar surface area (TPSA) is 96.5 Å². The van der Waals surface area contributed by atoms with Gasteiger partial charge in [0.15, 0.2) is 0 Å². The molecule has 9 heteroatoms. The number of hydrogen-bond acceptors (Lipinski definition) is 5. The number of carbonyl (C=O) groups excluding carboxylic acids is 2. The van der Waals surface area contributed by atoms with Gasteiger partial charge in [0.05, 0.1) is 25.5 Å². The van der Waals surface area contributed by atoms with Crippen molar-refractivity contribution in [1.82, 2.24) is 14.9 Å². The molecule has 0 unspecified atom stereocenters. The summed E-state index contributed by atoms with van der Waals surface area (Å²) in [5.74, 6) is -0.540. The Morgan fingerprint density at radius 3 is 2.53 bits per heavy atom. The van der Waals surface area contributed by atoms with Crippen molar-refractivity contribution < 1.29 is 23.5 Å². The van der Waals surface area contributed by atoms with E-state index in [1.807, 2.05) is 36.5 Å². The number of hydrogen-bond donors (Lipinski definition) is 2. The molecule has 2 heterocycles. The summed E-state index contributed by atoms with van der Waals surface area (Å²) in [7, 11) is 5.85. The minimum Gasteiger partial charge on any atom is -0.496 e. The maximum absolute atomic E-state index is 15.1. The molecule has 2 amide bonds. The number of pyridine rings is 1. The highest BCUT2D eigenvalue weighted by atomic mass is 19.1. The number of aromatic nitrogens is 2. The first-order chi connectivity index (χ1) is 16.3. The maximum atomic E-state index is 15.1. The van der Waals surface area contributed by atoms with Gasteiger partial charge >= 0.3 is 6.09 Å². The van der Waals surface area contributed by atoms with Gasteiger partial charge in [-0.2, -0.15) is 0 Å². The Bertz CT molecular complexity index is 1400. The van der Waals surface area contributed by atoms with Crippen molar-refractivity contribution in [2.45, 2.75) is 0 Å².